The fourth-order valence-corrected chi connectivity index (χ4v) is 4.58. The van der Waals surface area contributed by atoms with E-state index in [1.54, 1.807) is 12.1 Å². The van der Waals surface area contributed by atoms with Gasteiger partial charge in [-0.05, 0) is 66.7 Å². The molecule has 0 aromatic heterocycles. The first-order valence-corrected chi connectivity index (χ1v) is 8.60. The van der Waals surface area contributed by atoms with E-state index < -0.39 is 0 Å². The molecule has 21 heavy (non-hydrogen) atoms. The van der Waals surface area contributed by atoms with Gasteiger partial charge in [0.05, 0.1) is 0 Å². The molecule has 116 valence electrons. The smallest absolute Gasteiger partial charge is 0.123 e. The molecule has 0 heterocycles. The lowest BCUT2D eigenvalue weighted by atomic mass is 9.78. The van der Waals surface area contributed by atoms with Crippen molar-refractivity contribution in [1.29, 1.82) is 0 Å². The van der Waals surface area contributed by atoms with E-state index in [4.69, 9.17) is 0 Å². The van der Waals surface area contributed by atoms with Crippen LogP contribution < -0.4 is 5.32 Å². The van der Waals surface area contributed by atoms with E-state index in [9.17, 15) is 4.39 Å². The monoisotopic (exact) mass is 289 g/mol. The molecule has 1 N–H and O–H groups in total. The van der Waals surface area contributed by atoms with Crippen LogP contribution in [-0.4, -0.2) is 6.54 Å². The van der Waals surface area contributed by atoms with Crippen molar-refractivity contribution in [2.24, 2.45) is 11.3 Å². The lowest BCUT2D eigenvalue weighted by Gasteiger charge is -2.33. The highest BCUT2D eigenvalue weighted by molar-refractivity contribution is 5.35. The second kappa shape index (κ2) is 6.08. The third-order valence-corrected chi connectivity index (χ3v) is 5.41. The number of halogens is 1. The van der Waals surface area contributed by atoms with Crippen LogP contribution in [0.4, 0.5) is 4.39 Å². The van der Waals surface area contributed by atoms with E-state index in [-0.39, 0.29) is 5.82 Å². The topological polar surface area (TPSA) is 12.0 Å². The fourth-order valence-electron chi connectivity index (χ4n) is 4.58. The molecule has 0 amide bonds. The van der Waals surface area contributed by atoms with Crippen molar-refractivity contribution in [2.75, 3.05) is 6.54 Å². The molecule has 1 saturated carbocycles. The predicted molar refractivity (Wildman–Crippen MR) is 85.8 cm³/mol. The largest absolute Gasteiger partial charge is 0.309 e. The molecule has 0 aliphatic heterocycles. The Labute approximate surface area is 128 Å². The molecule has 1 aromatic carbocycles. The van der Waals surface area contributed by atoms with Crippen molar-refractivity contribution in [3.8, 4) is 0 Å². The van der Waals surface area contributed by atoms with Gasteiger partial charge in [-0.2, -0.15) is 0 Å². The molecule has 0 bridgehead atoms. The first-order valence-electron chi connectivity index (χ1n) is 8.60. The van der Waals surface area contributed by atoms with E-state index in [0.29, 0.717) is 11.5 Å². The number of nitrogens with one attached hydrogen (secondary N) is 1. The maximum atomic E-state index is 13.3. The van der Waals surface area contributed by atoms with Crippen LogP contribution in [-0.2, 0) is 6.42 Å². The SMILES string of the molecule is CC(C)CC1(CNC2CCc3cc(F)ccc32)CCCC1. The summed E-state index contributed by atoms with van der Waals surface area (Å²) < 4.78 is 13.3. The van der Waals surface area contributed by atoms with E-state index in [0.717, 1.165) is 25.3 Å². The van der Waals surface area contributed by atoms with Crippen LogP contribution in [0.1, 0.15) is 69.5 Å². The molecule has 2 aliphatic carbocycles. The zero-order chi connectivity index (χ0) is 14.9. The van der Waals surface area contributed by atoms with Gasteiger partial charge >= 0.3 is 0 Å². The van der Waals surface area contributed by atoms with E-state index in [1.165, 1.54) is 43.2 Å². The average molecular weight is 289 g/mol. The molecule has 3 rings (SSSR count). The minimum absolute atomic E-state index is 0.0959. The Hall–Kier alpha value is -0.890. The quantitative estimate of drug-likeness (QED) is 0.803. The van der Waals surface area contributed by atoms with Gasteiger partial charge in [-0.15, -0.1) is 0 Å². The molecule has 2 heteroatoms. The van der Waals surface area contributed by atoms with Crippen molar-refractivity contribution in [3.63, 3.8) is 0 Å². The highest BCUT2D eigenvalue weighted by atomic mass is 19.1. The maximum absolute atomic E-state index is 13.3. The lowest BCUT2D eigenvalue weighted by molar-refractivity contribution is 0.215. The van der Waals surface area contributed by atoms with E-state index >= 15 is 0 Å². The molecule has 0 spiro atoms. The van der Waals surface area contributed by atoms with Crippen LogP contribution in [0.15, 0.2) is 18.2 Å². The first kappa shape index (κ1) is 15.0. The molecular weight excluding hydrogens is 261 g/mol. The average Bonchev–Trinajstić information content (AvgIpc) is 3.03. The molecule has 1 fully saturated rings. The van der Waals surface area contributed by atoms with Gasteiger partial charge in [0.15, 0.2) is 0 Å². The van der Waals surface area contributed by atoms with Crippen molar-refractivity contribution < 1.29 is 4.39 Å². The molecule has 1 aromatic rings. The van der Waals surface area contributed by atoms with Gasteiger partial charge in [0.1, 0.15) is 5.82 Å². The molecule has 1 unspecified atom stereocenters. The van der Waals surface area contributed by atoms with Gasteiger partial charge in [-0.1, -0.05) is 32.8 Å². The highest BCUT2D eigenvalue weighted by Gasteiger charge is 2.35. The van der Waals surface area contributed by atoms with Crippen LogP contribution in [0.3, 0.4) is 0 Å². The molecule has 0 saturated heterocycles. The summed E-state index contributed by atoms with van der Waals surface area (Å²) in [5.74, 6) is 0.677. The Morgan fingerprint density at radius 1 is 1.29 bits per heavy atom. The van der Waals surface area contributed by atoms with Crippen molar-refractivity contribution in [3.05, 3.63) is 35.1 Å². The number of fused-ring (bicyclic) bond motifs is 1. The van der Waals surface area contributed by atoms with Gasteiger partial charge < -0.3 is 5.32 Å². The maximum Gasteiger partial charge on any atom is 0.123 e. The Balaban J connectivity index is 1.65. The third-order valence-electron chi connectivity index (χ3n) is 5.41. The fraction of sp³-hybridized carbons (Fsp3) is 0.684. The predicted octanol–water partition coefficient (Wildman–Crippen LogP) is 5.01. The van der Waals surface area contributed by atoms with Crippen LogP contribution in [0.5, 0.6) is 0 Å². The normalized spacial score (nSPS) is 23.7. The standard InChI is InChI=1S/C19H28FN/c1-14(2)12-19(9-3-4-10-19)13-21-18-8-5-15-11-16(20)6-7-17(15)18/h6-7,11,14,18,21H,3-5,8-10,12-13H2,1-2H3. The molecule has 2 aliphatic rings. The van der Waals surface area contributed by atoms with Gasteiger partial charge in [-0.3, -0.25) is 0 Å². The number of hydrogen-bond acceptors (Lipinski definition) is 1. The Morgan fingerprint density at radius 2 is 2.05 bits per heavy atom. The molecular formula is C19H28FN. The van der Waals surface area contributed by atoms with E-state index in [2.05, 4.69) is 19.2 Å². The van der Waals surface area contributed by atoms with Crippen LogP contribution >= 0.6 is 0 Å². The zero-order valence-corrected chi connectivity index (χ0v) is 13.4. The van der Waals surface area contributed by atoms with Crippen molar-refractivity contribution in [1.82, 2.24) is 5.32 Å². The summed E-state index contributed by atoms with van der Waals surface area (Å²) in [7, 11) is 0. The first-order chi connectivity index (χ1) is 10.1. The van der Waals surface area contributed by atoms with Crippen LogP contribution in [0.25, 0.3) is 0 Å². The van der Waals surface area contributed by atoms with Crippen LogP contribution in [0, 0.1) is 17.2 Å². The van der Waals surface area contributed by atoms with Gasteiger partial charge in [-0.25, -0.2) is 4.39 Å². The van der Waals surface area contributed by atoms with Gasteiger partial charge in [0.2, 0.25) is 0 Å². The minimum Gasteiger partial charge on any atom is -0.309 e. The number of hydrogen-bond donors (Lipinski definition) is 1. The number of rotatable bonds is 5. The van der Waals surface area contributed by atoms with Gasteiger partial charge in [0, 0.05) is 12.6 Å². The second-order valence-electron chi connectivity index (χ2n) is 7.62. The summed E-state index contributed by atoms with van der Waals surface area (Å²) in [6, 6.07) is 5.75. The number of aryl methyl sites for hydroxylation is 1. The highest BCUT2D eigenvalue weighted by Crippen LogP contribution is 2.43. The molecule has 1 atom stereocenters. The Bertz CT molecular complexity index is 488. The van der Waals surface area contributed by atoms with Gasteiger partial charge in [0.25, 0.3) is 0 Å². The lowest BCUT2D eigenvalue weighted by Crippen LogP contribution is -2.35. The zero-order valence-electron chi connectivity index (χ0n) is 13.4. The van der Waals surface area contributed by atoms with E-state index in [1.807, 2.05) is 6.07 Å². The van der Waals surface area contributed by atoms with Crippen molar-refractivity contribution >= 4 is 0 Å². The van der Waals surface area contributed by atoms with Crippen LogP contribution in [0.2, 0.25) is 0 Å². The summed E-state index contributed by atoms with van der Waals surface area (Å²) >= 11 is 0. The third kappa shape index (κ3) is 3.31. The molecule has 0 radical (unpaired) electrons. The minimum atomic E-state index is -0.0959. The second-order valence-corrected chi connectivity index (χ2v) is 7.62. The van der Waals surface area contributed by atoms with Crippen molar-refractivity contribution in [2.45, 2.75) is 64.8 Å². The Morgan fingerprint density at radius 3 is 2.76 bits per heavy atom. The Kier molecular flexibility index (Phi) is 4.35. The summed E-state index contributed by atoms with van der Waals surface area (Å²) in [6.45, 7) is 5.81. The summed E-state index contributed by atoms with van der Waals surface area (Å²) in [6.07, 6.45) is 9.01. The summed E-state index contributed by atoms with van der Waals surface area (Å²) in [5, 5.41) is 3.82. The summed E-state index contributed by atoms with van der Waals surface area (Å²) in [4.78, 5) is 0. The summed E-state index contributed by atoms with van der Waals surface area (Å²) in [5.41, 5.74) is 3.04. The number of benzene rings is 1. The molecule has 1 nitrogen and oxygen atoms in total.